The Balaban J connectivity index is 2.48. The third-order valence-electron chi connectivity index (χ3n) is 2.55. The molecule has 0 atom stereocenters. The second kappa shape index (κ2) is 3.30. The standard InChI is InChI=1S/C12H13Br/c1-8(2)11-6-4-9-3-5-10(13)7-12(9)11/h3,5-8H,4H2,1-2H3. The van der Waals surface area contributed by atoms with E-state index in [0.29, 0.717) is 5.92 Å². The maximum atomic E-state index is 3.51. The Kier molecular flexibility index (Phi) is 2.29. The second-order valence-electron chi connectivity index (χ2n) is 3.82. The van der Waals surface area contributed by atoms with Crippen molar-refractivity contribution in [2.45, 2.75) is 20.3 Å². The predicted molar refractivity (Wildman–Crippen MR) is 60.7 cm³/mol. The van der Waals surface area contributed by atoms with Gasteiger partial charge >= 0.3 is 0 Å². The lowest BCUT2D eigenvalue weighted by Crippen LogP contribution is -1.91. The number of allylic oxidation sites excluding steroid dienone is 2. The minimum absolute atomic E-state index is 0.635. The first kappa shape index (κ1) is 9.01. The minimum atomic E-state index is 0.635. The largest absolute Gasteiger partial charge is 0.0760 e. The van der Waals surface area contributed by atoms with Crippen molar-refractivity contribution in [2.24, 2.45) is 5.92 Å². The first-order chi connectivity index (χ1) is 6.18. The van der Waals surface area contributed by atoms with E-state index < -0.39 is 0 Å². The van der Waals surface area contributed by atoms with Crippen LogP contribution in [0.15, 0.2) is 28.7 Å². The van der Waals surface area contributed by atoms with Crippen molar-refractivity contribution < 1.29 is 0 Å². The lowest BCUT2D eigenvalue weighted by Gasteiger charge is -2.09. The molecule has 13 heavy (non-hydrogen) atoms. The van der Waals surface area contributed by atoms with Crippen LogP contribution in [-0.4, -0.2) is 0 Å². The highest BCUT2D eigenvalue weighted by Crippen LogP contribution is 2.34. The van der Waals surface area contributed by atoms with Gasteiger partial charge in [-0.1, -0.05) is 41.9 Å². The number of hydrogen-bond donors (Lipinski definition) is 0. The Morgan fingerprint density at radius 2 is 2.08 bits per heavy atom. The molecule has 0 radical (unpaired) electrons. The molecule has 1 heteroatoms. The highest BCUT2D eigenvalue weighted by atomic mass is 79.9. The van der Waals surface area contributed by atoms with Crippen molar-refractivity contribution in [2.75, 3.05) is 0 Å². The van der Waals surface area contributed by atoms with Crippen LogP contribution in [0.25, 0.3) is 5.57 Å². The van der Waals surface area contributed by atoms with Gasteiger partial charge < -0.3 is 0 Å². The molecule has 1 aromatic carbocycles. The molecule has 0 bridgehead atoms. The van der Waals surface area contributed by atoms with Gasteiger partial charge in [0.25, 0.3) is 0 Å². The molecule has 0 heterocycles. The summed E-state index contributed by atoms with van der Waals surface area (Å²) in [6.07, 6.45) is 3.46. The van der Waals surface area contributed by atoms with Gasteiger partial charge in [-0.05, 0) is 41.2 Å². The quantitative estimate of drug-likeness (QED) is 0.691. The molecule has 2 rings (SSSR count). The van der Waals surface area contributed by atoms with Crippen molar-refractivity contribution in [3.8, 4) is 0 Å². The summed E-state index contributed by atoms with van der Waals surface area (Å²) in [6.45, 7) is 4.50. The number of fused-ring (bicyclic) bond motifs is 1. The van der Waals surface area contributed by atoms with E-state index in [4.69, 9.17) is 0 Å². The van der Waals surface area contributed by atoms with Crippen LogP contribution in [0.1, 0.15) is 25.0 Å². The molecule has 68 valence electrons. The summed E-state index contributed by atoms with van der Waals surface area (Å²) in [7, 11) is 0. The number of rotatable bonds is 1. The van der Waals surface area contributed by atoms with Gasteiger partial charge in [-0.25, -0.2) is 0 Å². The molecule has 1 aromatic rings. The van der Waals surface area contributed by atoms with Crippen LogP contribution >= 0.6 is 15.9 Å². The summed E-state index contributed by atoms with van der Waals surface area (Å²) < 4.78 is 1.18. The fourth-order valence-corrected chi connectivity index (χ4v) is 2.23. The molecular formula is C12H13Br. The van der Waals surface area contributed by atoms with Gasteiger partial charge in [-0.2, -0.15) is 0 Å². The summed E-state index contributed by atoms with van der Waals surface area (Å²) >= 11 is 3.51. The average Bonchev–Trinajstić information content (AvgIpc) is 2.46. The summed E-state index contributed by atoms with van der Waals surface area (Å²) in [5.74, 6) is 0.635. The number of hydrogen-bond acceptors (Lipinski definition) is 0. The maximum absolute atomic E-state index is 3.51. The fourth-order valence-electron chi connectivity index (χ4n) is 1.87. The molecule has 0 unspecified atom stereocenters. The smallest absolute Gasteiger partial charge is 0.0181 e. The normalized spacial score (nSPS) is 14.6. The van der Waals surface area contributed by atoms with E-state index in [1.54, 1.807) is 0 Å². The lowest BCUT2D eigenvalue weighted by molar-refractivity contribution is 0.857. The number of halogens is 1. The Bertz CT molecular complexity index is 361. The third kappa shape index (κ3) is 1.58. The Morgan fingerprint density at radius 1 is 1.31 bits per heavy atom. The molecule has 0 aromatic heterocycles. The lowest BCUT2D eigenvalue weighted by atomic mass is 9.97. The highest BCUT2D eigenvalue weighted by molar-refractivity contribution is 9.10. The SMILES string of the molecule is CC(C)C1=CCc2ccc(Br)cc21. The Morgan fingerprint density at radius 3 is 2.77 bits per heavy atom. The Labute approximate surface area is 87.8 Å². The average molecular weight is 237 g/mol. The first-order valence-corrected chi connectivity index (χ1v) is 5.46. The molecule has 0 nitrogen and oxygen atoms in total. The van der Waals surface area contributed by atoms with Crippen molar-refractivity contribution in [3.63, 3.8) is 0 Å². The molecule has 0 amide bonds. The van der Waals surface area contributed by atoms with E-state index in [1.165, 1.54) is 21.2 Å². The van der Waals surface area contributed by atoms with Gasteiger partial charge in [-0.15, -0.1) is 0 Å². The van der Waals surface area contributed by atoms with Crippen LogP contribution in [0.5, 0.6) is 0 Å². The predicted octanol–water partition coefficient (Wildman–Crippen LogP) is 4.04. The molecule has 0 aliphatic heterocycles. The van der Waals surface area contributed by atoms with Crippen LogP contribution < -0.4 is 0 Å². The molecule has 1 aliphatic rings. The van der Waals surface area contributed by atoms with Gasteiger partial charge in [0.2, 0.25) is 0 Å². The molecule has 0 spiro atoms. The first-order valence-electron chi connectivity index (χ1n) is 4.67. The van der Waals surface area contributed by atoms with E-state index >= 15 is 0 Å². The van der Waals surface area contributed by atoms with Gasteiger partial charge in [-0.3, -0.25) is 0 Å². The topological polar surface area (TPSA) is 0 Å². The zero-order chi connectivity index (χ0) is 9.42. The van der Waals surface area contributed by atoms with Crippen molar-refractivity contribution in [1.82, 2.24) is 0 Å². The van der Waals surface area contributed by atoms with Crippen LogP contribution in [0.3, 0.4) is 0 Å². The summed E-state index contributed by atoms with van der Waals surface area (Å²) in [4.78, 5) is 0. The van der Waals surface area contributed by atoms with Crippen molar-refractivity contribution >= 4 is 21.5 Å². The van der Waals surface area contributed by atoms with E-state index in [1.807, 2.05) is 0 Å². The van der Waals surface area contributed by atoms with Crippen molar-refractivity contribution in [3.05, 3.63) is 39.9 Å². The van der Waals surface area contributed by atoms with Crippen molar-refractivity contribution in [1.29, 1.82) is 0 Å². The molecule has 0 fully saturated rings. The second-order valence-corrected chi connectivity index (χ2v) is 4.74. The van der Waals surface area contributed by atoms with Crippen LogP contribution in [0.4, 0.5) is 0 Å². The fraction of sp³-hybridized carbons (Fsp3) is 0.333. The maximum Gasteiger partial charge on any atom is 0.0181 e. The van der Waals surface area contributed by atoms with E-state index in [0.717, 1.165) is 6.42 Å². The van der Waals surface area contributed by atoms with E-state index in [9.17, 15) is 0 Å². The van der Waals surface area contributed by atoms with Gasteiger partial charge in [0.15, 0.2) is 0 Å². The van der Waals surface area contributed by atoms with Gasteiger partial charge in [0, 0.05) is 4.47 Å². The molecule has 0 saturated carbocycles. The molecular weight excluding hydrogens is 224 g/mol. The minimum Gasteiger partial charge on any atom is -0.0760 e. The van der Waals surface area contributed by atoms with E-state index in [2.05, 4.69) is 54.1 Å². The highest BCUT2D eigenvalue weighted by Gasteiger charge is 2.16. The van der Waals surface area contributed by atoms with Gasteiger partial charge in [0.05, 0.1) is 0 Å². The van der Waals surface area contributed by atoms with Crippen LogP contribution in [-0.2, 0) is 6.42 Å². The summed E-state index contributed by atoms with van der Waals surface area (Å²) in [6, 6.07) is 6.56. The van der Waals surface area contributed by atoms with Crippen LogP contribution in [0.2, 0.25) is 0 Å². The summed E-state index contributed by atoms with van der Waals surface area (Å²) in [5, 5.41) is 0. The summed E-state index contributed by atoms with van der Waals surface area (Å²) in [5.41, 5.74) is 4.40. The van der Waals surface area contributed by atoms with Crippen LogP contribution in [0, 0.1) is 5.92 Å². The third-order valence-corrected chi connectivity index (χ3v) is 3.04. The molecule has 0 saturated heterocycles. The molecule has 1 aliphatic carbocycles. The molecule has 0 N–H and O–H groups in total. The van der Waals surface area contributed by atoms with E-state index in [-0.39, 0.29) is 0 Å². The monoisotopic (exact) mass is 236 g/mol. The number of benzene rings is 1. The zero-order valence-corrected chi connectivity index (χ0v) is 9.56. The Hall–Kier alpha value is -0.560. The van der Waals surface area contributed by atoms with Gasteiger partial charge in [0.1, 0.15) is 0 Å². The zero-order valence-electron chi connectivity index (χ0n) is 7.97.